The molecule has 35 heavy (non-hydrogen) atoms. The van der Waals surface area contributed by atoms with Crippen LogP contribution in [0, 0.1) is 11.7 Å². The van der Waals surface area contributed by atoms with Crippen molar-refractivity contribution in [3.05, 3.63) is 54.4 Å². The Morgan fingerprint density at radius 3 is 2.60 bits per heavy atom. The van der Waals surface area contributed by atoms with E-state index in [1.54, 1.807) is 11.6 Å². The first-order valence-corrected chi connectivity index (χ1v) is 10.3. The van der Waals surface area contributed by atoms with Crippen molar-refractivity contribution in [2.75, 3.05) is 6.61 Å². The minimum atomic E-state index is -4.72. The van der Waals surface area contributed by atoms with Gasteiger partial charge in [-0.15, -0.1) is 0 Å². The second-order valence-electron chi connectivity index (χ2n) is 8.11. The van der Waals surface area contributed by atoms with E-state index in [1.165, 1.54) is 36.8 Å². The van der Waals surface area contributed by atoms with Gasteiger partial charge in [-0.05, 0) is 24.3 Å². The average Bonchev–Trinajstić information content (AvgIpc) is 3.16. The molecule has 1 atom stereocenters. The summed E-state index contributed by atoms with van der Waals surface area (Å²) in [6, 6.07) is 6.40. The number of aromatic amines is 1. The molecule has 1 saturated carbocycles. The Hall–Kier alpha value is -3.90. The minimum absolute atomic E-state index is 0.0320. The zero-order valence-corrected chi connectivity index (χ0v) is 17.9. The third-order valence-electron chi connectivity index (χ3n) is 5.62. The quantitative estimate of drug-likeness (QED) is 0.376. The smallest absolute Gasteiger partial charge is 0.437 e. The molecular weight excluding hydrogens is 478 g/mol. The fourth-order valence-corrected chi connectivity index (χ4v) is 3.72. The van der Waals surface area contributed by atoms with Gasteiger partial charge in [-0.3, -0.25) is 4.98 Å². The highest BCUT2D eigenvalue weighted by atomic mass is 19.4. The van der Waals surface area contributed by atoms with Crippen LogP contribution in [-0.2, 0) is 13.2 Å². The van der Waals surface area contributed by atoms with E-state index < -0.39 is 35.2 Å². The molecule has 0 saturated heterocycles. The van der Waals surface area contributed by atoms with Gasteiger partial charge in [-0.1, -0.05) is 0 Å². The van der Waals surface area contributed by atoms with Gasteiger partial charge in [0, 0.05) is 36.9 Å². The van der Waals surface area contributed by atoms with Crippen molar-refractivity contribution in [3.63, 3.8) is 0 Å². The van der Waals surface area contributed by atoms with Gasteiger partial charge in [0.05, 0.1) is 30.2 Å². The number of hydrogen-bond acceptors (Lipinski definition) is 5. The number of H-pyrrole nitrogens is 1. The molecule has 13 heteroatoms. The molecule has 1 fully saturated rings. The predicted molar refractivity (Wildman–Crippen MR) is 111 cm³/mol. The van der Waals surface area contributed by atoms with Gasteiger partial charge in [0.25, 0.3) is 5.92 Å². The lowest BCUT2D eigenvalue weighted by Crippen LogP contribution is -2.07. The first-order chi connectivity index (χ1) is 16.5. The molecule has 1 aromatic carbocycles. The number of pyridine rings is 1. The van der Waals surface area contributed by atoms with Crippen LogP contribution in [0.5, 0.6) is 5.75 Å². The Bertz CT molecular complexity index is 1400. The molecule has 0 bridgehead atoms. The first kappa shape index (κ1) is 22.9. The van der Waals surface area contributed by atoms with Crippen molar-refractivity contribution >= 4 is 0 Å². The van der Waals surface area contributed by atoms with Gasteiger partial charge in [0.15, 0.2) is 5.69 Å². The molecule has 3 aromatic heterocycles. The summed E-state index contributed by atoms with van der Waals surface area (Å²) in [4.78, 5) is 8.55. The van der Waals surface area contributed by atoms with Crippen LogP contribution in [0.15, 0.2) is 42.9 Å². The van der Waals surface area contributed by atoms with Crippen molar-refractivity contribution in [2.45, 2.75) is 18.5 Å². The van der Waals surface area contributed by atoms with Crippen LogP contribution in [0.25, 0.3) is 33.9 Å². The van der Waals surface area contributed by atoms with Crippen LogP contribution in [0.1, 0.15) is 12.1 Å². The Labute approximate surface area is 193 Å². The van der Waals surface area contributed by atoms with Crippen LogP contribution in [0.2, 0.25) is 0 Å². The third kappa shape index (κ3) is 4.33. The summed E-state index contributed by atoms with van der Waals surface area (Å²) in [5.41, 5.74) is -0.257. The summed E-state index contributed by atoms with van der Waals surface area (Å²) in [5.74, 6) is -4.34. The summed E-state index contributed by atoms with van der Waals surface area (Å²) in [5, 5.41) is 8.81. The van der Waals surface area contributed by atoms with Gasteiger partial charge >= 0.3 is 6.18 Å². The molecule has 5 rings (SSSR count). The number of rotatable bonds is 6. The number of halogens is 6. The zero-order valence-electron chi connectivity index (χ0n) is 17.9. The first-order valence-electron chi connectivity index (χ1n) is 10.3. The Morgan fingerprint density at radius 1 is 1.11 bits per heavy atom. The molecule has 1 aliphatic carbocycles. The van der Waals surface area contributed by atoms with Crippen molar-refractivity contribution < 1.29 is 31.1 Å². The lowest BCUT2D eigenvalue weighted by molar-refractivity contribution is -0.140. The largest absolute Gasteiger partial charge is 0.492 e. The number of alkyl halides is 5. The maximum atomic E-state index is 14.0. The highest BCUT2D eigenvalue weighted by molar-refractivity contribution is 5.82. The predicted octanol–water partition coefficient (Wildman–Crippen LogP) is 5.13. The van der Waals surface area contributed by atoms with E-state index in [-0.39, 0.29) is 35.7 Å². The Balaban J connectivity index is 1.55. The number of aryl methyl sites for hydroxylation is 1. The van der Waals surface area contributed by atoms with Crippen molar-refractivity contribution in [1.29, 1.82) is 0 Å². The van der Waals surface area contributed by atoms with E-state index >= 15 is 0 Å². The molecule has 0 spiro atoms. The zero-order chi connectivity index (χ0) is 25.0. The molecule has 4 aromatic rings. The number of benzene rings is 1. The average molecular weight is 494 g/mol. The maximum Gasteiger partial charge on any atom is 0.437 e. The van der Waals surface area contributed by atoms with Gasteiger partial charge < -0.3 is 9.30 Å². The summed E-state index contributed by atoms with van der Waals surface area (Å²) in [7, 11) is 1.65. The fraction of sp³-hybridized carbons (Fsp3) is 0.273. The number of hydrogen-bond donors (Lipinski definition) is 1. The molecule has 182 valence electrons. The van der Waals surface area contributed by atoms with Gasteiger partial charge in [-0.25, -0.2) is 18.2 Å². The second-order valence-corrected chi connectivity index (χ2v) is 8.11. The van der Waals surface area contributed by atoms with Gasteiger partial charge in [0.1, 0.15) is 23.0 Å². The van der Waals surface area contributed by atoms with Crippen LogP contribution < -0.4 is 4.74 Å². The molecule has 7 nitrogen and oxygen atoms in total. The Kier molecular flexibility index (Phi) is 5.29. The molecule has 0 amide bonds. The summed E-state index contributed by atoms with van der Waals surface area (Å²) < 4.78 is 87.6. The van der Waals surface area contributed by atoms with Gasteiger partial charge in [-0.2, -0.15) is 28.6 Å². The van der Waals surface area contributed by atoms with E-state index in [2.05, 4.69) is 20.2 Å². The van der Waals surface area contributed by atoms with Crippen molar-refractivity contribution in [2.24, 2.45) is 13.0 Å². The maximum absolute atomic E-state index is 14.0. The van der Waals surface area contributed by atoms with E-state index in [0.29, 0.717) is 11.3 Å². The SMILES string of the molecule is Cn1cnc(-c2cc(-c3n[nH]nc3C(F)(F)F)ccn2)c1-c1ccc(F)cc1OCC1CC1(F)F. The fourth-order valence-electron chi connectivity index (χ4n) is 3.72. The molecule has 1 unspecified atom stereocenters. The number of imidazole rings is 1. The van der Waals surface area contributed by atoms with Crippen LogP contribution in [-0.4, -0.2) is 42.5 Å². The lowest BCUT2D eigenvalue weighted by atomic mass is 10.0. The van der Waals surface area contributed by atoms with Crippen LogP contribution in [0.4, 0.5) is 26.3 Å². The number of aromatic nitrogens is 6. The van der Waals surface area contributed by atoms with Crippen molar-refractivity contribution in [3.8, 4) is 39.7 Å². The third-order valence-corrected chi connectivity index (χ3v) is 5.62. The highest BCUT2D eigenvalue weighted by Crippen LogP contribution is 2.49. The Morgan fingerprint density at radius 2 is 1.89 bits per heavy atom. The van der Waals surface area contributed by atoms with Gasteiger partial charge in [0.2, 0.25) is 0 Å². The van der Waals surface area contributed by atoms with E-state index in [4.69, 9.17) is 4.74 Å². The summed E-state index contributed by atoms with van der Waals surface area (Å²) >= 11 is 0. The van der Waals surface area contributed by atoms with E-state index in [1.807, 2.05) is 5.21 Å². The lowest BCUT2D eigenvalue weighted by Gasteiger charge is -2.14. The summed E-state index contributed by atoms with van der Waals surface area (Å²) in [6.07, 6.45) is -2.28. The summed E-state index contributed by atoms with van der Waals surface area (Å²) in [6.45, 7) is -0.295. The molecule has 3 heterocycles. The minimum Gasteiger partial charge on any atom is -0.492 e. The second kappa shape index (κ2) is 8.10. The molecular formula is C22H16F6N6O. The van der Waals surface area contributed by atoms with E-state index in [9.17, 15) is 26.3 Å². The van der Waals surface area contributed by atoms with E-state index in [0.717, 1.165) is 6.07 Å². The molecule has 1 aliphatic rings. The van der Waals surface area contributed by atoms with Crippen LogP contribution >= 0.6 is 0 Å². The van der Waals surface area contributed by atoms with Crippen molar-refractivity contribution in [1.82, 2.24) is 29.9 Å². The molecule has 0 aliphatic heterocycles. The van der Waals surface area contributed by atoms with Crippen LogP contribution in [0.3, 0.4) is 0 Å². The normalized spacial score (nSPS) is 16.9. The highest BCUT2D eigenvalue weighted by Gasteiger charge is 2.57. The molecule has 0 radical (unpaired) electrons. The number of nitrogens with zero attached hydrogens (tertiary/aromatic N) is 5. The topological polar surface area (TPSA) is 81.5 Å². The standard InChI is InChI=1S/C22H16F6N6O/c1-34-10-30-18(15-6-11(4-5-29-15)17-20(22(26,27)28)32-33-31-17)19(34)14-3-2-13(23)7-16(14)35-9-12-8-21(12,24)25/h2-7,10,12H,8-9H2,1H3,(H,31,32,33). The number of ether oxygens (including phenoxy) is 1. The molecule has 1 N–H and O–H groups in total. The monoisotopic (exact) mass is 494 g/mol. The number of nitrogens with one attached hydrogen (secondary N) is 1.